The average molecular weight is 380 g/mol. The molecule has 1 N–H and O–H groups in total. The van der Waals surface area contributed by atoms with Gasteiger partial charge in [0.25, 0.3) is 5.91 Å². The van der Waals surface area contributed by atoms with E-state index in [9.17, 15) is 9.90 Å². The van der Waals surface area contributed by atoms with Gasteiger partial charge in [0.15, 0.2) is 5.76 Å². The Bertz CT molecular complexity index is 510. The lowest BCUT2D eigenvalue weighted by atomic mass is 9.68. The van der Waals surface area contributed by atoms with Gasteiger partial charge in [-0.15, -0.1) is 0 Å². The maximum Gasteiger partial charge on any atom is 0.288 e. The number of amides is 1. The molecule has 2 aliphatic carbocycles. The fourth-order valence-electron chi connectivity index (χ4n) is 4.95. The van der Waals surface area contributed by atoms with Crippen molar-refractivity contribution in [3.05, 3.63) is 11.8 Å². The second-order valence-electron chi connectivity index (χ2n) is 8.48. The van der Waals surface area contributed by atoms with E-state index in [-0.39, 0.29) is 24.7 Å². The van der Waals surface area contributed by atoms with Crippen LogP contribution in [0.1, 0.15) is 71.1 Å². The maximum atomic E-state index is 13.2. The van der Waals surface area contributed by atoms with Crippen LogP contribution < -0.4 is 0 Å². The number of carbonyl (C=O) groups is 1. The summed E-state index contributed by atoms with van der Waals surface area (Å²) in [5.74, 6) is 1.65. The van der Waals surface area contributed by atoms with Gasteiger partial charge in [-0.05, 0) is 63.4 Å². The normalized spacial score (nSPS) is 29.6. The number of hydrogen-bond acceptors (Lipinski definition) is 4. The van der Waals surface area contributed by atoms with Crippen molar-refractivity contribution in [2.45, 2.75) is 83.5 Å². The largest absolute Gasteiger partial charge is 0.459 e. The van der Waals surface area contributed by atoms with Crippen LogP contribution in [-0.2, 0) is 14.3 Å². The van der Waals surface area contributed by atoms with Gasteiger partial charge in [-0.25, -0.2) is 0 Å². The molecule has 3 aliphatic rings. The van der Waals surface area contributed by atoms with Crippen molar-refractivity contribution in [2.24, 2.45) is 17.8 Å². The van der Waals surface area contributed by atoms with Gasteiger partial charge in [0.2, 0.25) is 6.29 Å². The van der Waals surface area contributed by atoms with E-state index < -0.39 is 0 Å². The van der Waals surface area contributed by atoms with Gasteiger partial charge in [-0.1, -0.05) is 25.7 Å². The fourth-order valence-corrected chi connectivity index (χ4v) is 4.95. The number of allylic oxidation sites excluding steroid dienone is 1. The lowest BCUT2D eigenvalue weighted by Gasteiger charge is -2.44. The molecular weight excluding hydrogens is 342 g/mol. The van der Waals surface area contributed by atoms with Crippen molar-refractivity contribution in [1.82, 2.24) is 4.90 Å². The van der Waals surface area contributed by atoms with Crippen LogP contribution in [-0.4, -0.2) is 48.5 Å². The van der Waals surface area contributed by atoms with Crippen molar-refractivity contribution in [3.8, 4) is 0 Å². The van der Waals surface area contributed by atoms with Crippen LogP contribution in [0.15, 0.2) is 11.8 Å². The summed E-state index contributed by atoms with van der Waals surface area (Å²) in [6, 6.07) is 0.329. The second kappa shape index (κ2) is 9.92. The van der Waals surface area contributed by atoms with E-state index in [2.05, 4.69) is 6.08 Å². The van der Waals surface area contributed by atoms with Gasteiger partial charge in [0.1, 0.15) is 0 Å². The van der Waals surface area contributed by atoms with Crippen molar-refractivity contribution in [3.63, 3.8) is 0 Å². The molecule has 0 aromatic carbocycles. The molecule has 1 aliphatic heterocycles. The molecule has 0 unspecified atom stereocenters. The quantitative estimate of drug-likeness (QED) is 0.696. The predicted molar refractivity (Wildman–Crippen MR) is 105 cm³/mol. The summed E-state index contributed by atoms with van der Waals surface area (Å²) in [7, 11) is 1.93. The van der Waals surface area contributed by atoms with E-state index in [1.54, 1.807) is 0 Å². The van der Waals surface area contributed by atoms with Crippen LogP contribution in [0.2, 0.25) is 0 Å². The molecule has 27 heavy (non-hydrogen) atoms. The van der Waals surface area contributed by atoms with Crippen LogP contribution >= 0.6 is 0 Å². The Balaban J connectivity index is 1.77. The monoisotopic (exact) mass is 379 g/mol. The van der Waals surface area contributed by atoms with Crippen LogP contribution in [0.5, 0.6) is 0 Å². The first-order valence-electron chi connectivity index (χ1n) is 11.0. The summed E-state index contributed by atoms with van der Waals surface area (Å²) in [5.41, 5.74) is 0. The smallest absolute Gasteiger partial charge is 0.288 e. The van der Waals surface area contributed by atoms with Crippen molar-refractivity contribution >= 4 is 5.91 Å². The van der Waals surface area contributed by atoms with Gasteiger partial charge < -0.3 is 19.5 Å². The summed E-state index contributed by atoms with van der Waals surface area (Å²) in [6.45, 7) is 2.73. The summed E-state index contributed by atoms with van der Waals surface area (Å²) in [6.07, 6.45) is 12.9. The molecule has 0 radical (unpaired) electrons. The third kappa shape index (κ3) is 4.86. The maximum absolute atomic E-state index is 13.2. The minimum atomic E-state index is -0.379. The Morgan fingerprint density at radius 1 is 1.22 bits per heavy atom. The van der Waals surface area contributed by atoms with E-state index in [0.29, 0.717) is 30.2 Å². The highest BCUT2D eigenvalue weighted by Crippen LogP contribution is 2.45. The number of carbonyl (C=O) groups excluding carboxylic acids is 1. The summed E-state index contributed by atoms with van der Waals surface area (Å²) in [4.78, 5) is 15.1. The molecule has 0 aromatic heterocycles. The highest BCUT2D eigenvalue weighted by Gasteiger charge is 2.42. The number of likely N-dealkylation sites (N-methyl/N-ethyl adjacent to an activating group) is 1. The Kier molecular flexibility index (Phi) is 7.59. The van der Waals surface area contributed by atoms with Gasteiger partial charge in [-0.3, -0.25) is 4.79 Å². The molecule has 3 atom stereocenters. The first-order valence-corrected chi connectivity index (χ1v) is 11.0. The van der Waals surface area contributed by atoms with E-state index in [1.807, 2.05) is 18.9 Å². The third-order valence-corrected chi connectivity index (χ3v) is 6.81. The van der Waals surface area contributed by atoms with Gasteiger partial charge in [0.05, 0.1) is 0 Å². The summed E-state index contributed by atoms with van der Waals surface area (Å²) in [5, 5.41) is 9.31. The zero-order valence-corrected chi connectivity index (χ0v) is 17.1. The van der Waals surface area contributed by atoms with Crippen LogP contribution in [0.4, 0.5) is 0 Å². The minimum Gasteiger partial charge on any atom is -0.459 e. The number of hydrogen-bond donors (Lipinski definition) is 1. The van der Waals surface area contributed by atoms with E-state index in [1.165, 1.54) is 38.5 Å². The standard InChI is InChI=1S/C22H37NO4/c1-3-26-22-18(13-8-14-24)19(16-9-7-10-16)15-20(27-22)21(25)23(2)17-11-5-4-6-12-17/h15-19,22,24H,3-14H2,1-2H3/t18-,19+,22+/m0/s1. The highest BCUT2D eigenvalue weighted by molar-refractivity contribution is 5.91. The van der Waals surface area contributed by atoms with Gasteiger partial charge >= 0.3 is 0 Å². The lowest BCUT2D eigenvalue weighted by molar-refractivity contribution is -0.181. The van der Waals surface area contributed by atoms with Crippen molar-refractivity contribution < 1.29 is 19.4 Å². The molecule has 0 aromatic rings. The molecule has 0 saturated heterocycles. The van der Waals surface area contributed by atoms with Crippen LogP contribution in [0.25, 0.3) is 0 Å². The molecule has 1 heterocycles. The molecule has 0 spiro atoms. The van der Waals surface area contributed by atoms with E-state index in [4.69, 9.17) is 9.47 Å². The third-order valence-electron chi connectivity index (χ3n) is 6.81. The summed E-state index contributed by atoms with van der Waals surface area (Å²) < 4.78 is 12.1. The fraction of sp³-hybridized carbons (Fsp3) is 0.864. The van der Waals surface area contributed by atoms with Crippen LogP contribution in [0, 0.1) is 17.8 Å². The number of aliphatic hydroxyl groups excluding tert-OH is 1. The number of aliphatic hydroxyl groups is 1. The Morgan fingerprint density at radius 2 is 1.96 bits per heavy atom. The zero-order chi connectivity index (χ0) is 19.2. The van der Waals surface area contributed by atoms with Crippen molar-refractivity contribution in [2.75, 3.05) is 20.3 Å². The molecule has 3 rings (SSSR count). The molecule has 154 valence electrons. The zero-order valence-electron chi connectivity index (χ0n) is 17.1. The van der Waals surface area contributed by atoms with Gasteiger partial charge in [-0.2, -0.15) is 0 Å². The Hall–Kier alpha value is -1.07. The first-order chi connectivity index (χ1) is 13.2. The van der Waals surface area contributed by atoms with Crippen molar-refractivity contribution in [1.29, 1.82) is 0 Å². The number of ether oxygens (including phenoxy) is 2. The number of rotatable bonds is 8. The van der Waals surface area contributed by atoms with E-state index >= 15 is 0 Å². The predicted octanol–water partition coefficient (Wildman–Crippen LogP) is 3.86. The lowest BCUT2D eigenvalue weighted by Crippen LogP contribution is -2.45. The topological polar surface area (TPSA) is 59.0 Å². The second-order valence-corrected chi connectivity index (χ2v) is 8.48. The Labute approximate surface area is 164 Å². The average Bonchev–Trinajstić information content (AvgIpc) is 2.65. The van der Waals surface area contributed by atoms with Gasteiger partial charge in [0, 0.05) is 32.2 Å². The molecular formula is C22H37NO4. The molecule has 0 bridgehead atoms. The molecule has 5 nitrogen and oxygen atoms in total. The molecule has 2 fully saturated rings. The highest BCUT2D eigenvalue weighted by atomic mass is 16.7. The Morgan fingerprint density at radius 3 is 2.56 bits per heavy atom. The molecule has 1 amide bonds. The SMILES string of the molecule is CCO[C@@H]1OC(C(=O)N(C)C2CCCCC2)=C[C@H](C2CCC2)[C@@H]1CCCO. The summed E-state index contributed by atoms with van der Waals surface area (Å²) >= 11 is 0. The van der Waals surface area contributed by atoms with Crippen LogP contribution in [0.3, 0.4) is 0 Å². The molecule has 2 saturated carbocycles. The van der Waals surface area contributed by atoms with E-state index in [0.717, 1.165) is 25.7 Å². The number of nitrogens with zero attached hydrogens (tertiary/aromatic N) is 1. The first kappa shape index (κ1) is 20.7. The molecule has 5 heteroatoms. The minimum absolute atomic E-state index is 0.0107.